The molecular weight excluding hydrogens is 405 g/mol. The second-order valence-corrected chi connectivity index (χ2v) is 7.29. The zero-order valence-electron chi connectivity index (χ0n) is 16.1. The third kappa shape index (κ3) is 4.12. The molecule has 1 amide bonds. The summed E-state index contributed by atoms with van der Waals surface area (Å²) >= 11 is 1.57. The Kier molecular flexibility index (Phi) is 5.92. The molecule has 0 aliphatic heterocycles. The van der Waals surface area contributed by atoms with Crippen molar-refractivity contribution in [1.29, 1.82) is 0 Å². The van der Waals surface area contributed by atoms with E-state index in [-0.39, 0.29) is 24.9 Å². The Hall–Kier alpha value is -3.43. The summed E-state index contributed by atoms with van der Waals surface area (Å²) in [6.45, 7) is 0.197. The fourth-order valence-electron chi connectivity index (χ4n) is 2.94. The van der Waals surface area contributed by atoms with E-state index in [1.54, 1.807) is 35.7 Å². The number of thiophene rings is 1. The van der Waals surface area contributed by atoms with Gasteiger partial charge in [0.1, 0.15) is 5.82 Å². The van der Waals surface area contributed by atoms with Gasteiger partial charge in [-0.3, -0.25) is 4.79 Å². The van der Waals surface area contributed by atoms with Gasteiger partial charge in [-0.2, -0.15) is 9.78 Å². The van der Waals surface area contributed by atoms with Crippen molar-refractivity contribution in [3.63, 3.8) is 0 Å². The summed E-state index contributed by atoms with van der Waals surface area (Å²) in [4.78, 5) is 22.6. The number of amides is 1. The molecule has 3 aromatic heterocycles. The molecule has 3 heterocycles. The molecule has 9 heteroatoms. The van der Waals surface area contributed by atoms with Crippen molar-refractivity contribution < 1.29 is 13.9 Å². The number of methoxy groups -OCH3 is 1. The Morgan fingerprint density at radius 1 is 1.23 bits per heavy atom. The van der Waals surface area contributed by atoms with E-state index in [0.717, 1.165) is 10.6 Å². The van der Waals surface area contributed by atoms with Crippen molar-refractivity contribution in [1.82, 2.24) is 25.1 Å². The minimum absolute atomic E-state index is 0.0630. The molecular formula is C21H18FN5O2S. The van der Waals surface area contributed by atoms with Crippen LogP contribution in [0, 0.1) is 5.82 Å². The van der Waals surface area contributed by atoms with Gasteiger partial charge in [0.25, 0.3) is 11.9 Å². The molecule has 152 valence electrons. The maximum atomic E-state index is 13.8. The van der Waals surface area contributed by atoms with Crippen molar-refractivity contribution in [2.75, 3.05) is 7.11 Å². The van der Waals surface area contributed by atoms with Gasteiger partial charge in [0.2, 0.25) is 0 Å². The fraction of sp³-hybridized carbons (Fsp3) is 0.143. The number of rotatable bonds is 7. The lowest BCUT2D eigenvalue weighted by Gasteiger charge is -2.09. The number of benzene rings is 1. The van der Waals surface area contributed by atoms with Gasteiger partial charge in [0, 0.05) is 25.4 Å². The molecule has 0 bridgehead atoms. The summed E-state index contributed by atoms with van der Waals surface area (Å²) in [7, 11) is 1.53. The van der Waals surface area contributed by atoms with Gasteiger partial charge in [-0.1, -0.05) is 24.3 Å². The van der Waals surface area contributed by atoms with E-state index in [9.17, 15) is 9.18 Å². The van der Waals surface area contributed by atoms with Crippen LogP contribution in [-0.4, -0.2) is 32.8 Å². The van der Waals surface area contributed by atoms with Crippen LogP contribution in [0.3, 0.4) is 0 Å². The maximum absolute atomic E-state index is 13.8. The van der Waals surface area contributed by atoms with Crippen LogP contribution in [0.5, 0.6) is 0 Å². The number of aromatic nitrogens is 4. The maximum Gasteiger partial charge on any atom is 0.255 e. The zero-order valence-corrected chi connectivity index (χ0v) is 16.9. The van der Waals surface area contributed by atoms with Crippen LogP contribution in [0.15, 0.2) is 60.2 Å². The topological polar surface area (TPSA) is 81.9 Å². The highest BCUT2D eigenvalue weighted by molar-refractivity contribution is 7.13. The summed E-state index contributed by atoms with van der Waals surface area (Å²) < 4.78 is 20.6. The lowest BCUT2D eigenvalue weighted by Crippen LogP contribution is -2.24. The molecule has 0 aliphatic carbocycles. The van der Waals surface area contributed by atoms with Crippen LogP contribution in [0.25, 0.3) is 16.5 Å². The first-order chi connectivity index (χ1) is 14.7. The molecule has 4 rings (SSSR count). The van der Waals surface area contributed by atoms with Crippen molar-refractivity contribution >= 4 is 17.2 Å². The molecule has 7 nitrogen and oxygen atoms in total. The van der Waals surface area contributed by atoms with E-state index >= 15 is 0 Å². The third-order valence-corrected chi connectivity index (χ3v) is 5.29. The minimum atomic E-state index is -0.383. The van der Waals surface area contributed by atoms with E-state index < -0.39 is 0 Å². The Labute approximate surface area is 176 Å². The van der Waals surface area contributed by atoms with E-state index in [2.05, 4.69) is 20.4 Å². The summed E-state index contributed by atoms with van der Waals surface area (Å²) in [6.07, 6.45) is 3.08. The predicted molar refractivity (Wildman–Crippen MR) is 111 cm³/mol. The highest BCUT2D eigenvalue weighted by atomic mass is 32.1. The number of carbonyl (C=O) groups excluding carboxylic acids is 1. The van der Waals surface area contributed by atoms with Crippen molar-refractivity contribution in [3.8, 4) is 16.5 Å². The number of hydrogen-bond donors (Lipinski definition) is 1. The Bertz CT molecular complexity index is 1160. The Morgan fingerprint density at radius 3 is 2.87 bits per heavy atom. The molecule has 0 atom stereocenters. The molecule has 30 heavy (non-hydrogen) atoms. The van der Waals surface area contributed by atoms with Gasteiger partial charge < -0.3 is 10.1 Å². The molecule has 1 aromatic carbocycles. The quantitative estimate of drug-likeness (QED) is 0.491. The molecule has 0 fully saturated rings. The van der Waals surface area contributed by atoms with E-state index in [0.29, 0.717) is 22.8 Å². The molecule has 0 saturated carbocycles. The van der Waals surface area contributed by atoms with E-state index in [1.165, 1.54) is 24.1 Å². The zero-order chi connectivity index (χ0) is 20.9. The standard InChI is InChI=1S/C21H18FN5O2S/c1-29-13-18-15(20(28)24-11-14-5-2-3-6-16(14)22)12-25-27(18)21-23-9-8-17(26-21)19-7-4-10-30-19/h2-10,12H,11,13H2,1H3,(H,24,28). The summed E-state index contributed by atoms with van der Waals surface area (Å²) in [5, 5.41) is 9.00. The molecule has 0 radical (unpaired) electrons. The van der Waals surface area contributed by atoms with E-state index in [1.807, 2.05) is 23.6 Å². The van der Waals surface area contributed by atoms with Crippen LogP contribution >= 0.6 is 11.3 Å². The first kappa shape index (κ1) is 19.9. The van der Waals surface area contributed by atoms with Gasteiger partial charge in [-0.15, -0.1) is 11.3 Å². The average molecular weight is 423 g/mol. The fourth-order valence-corrected chi connectivity index (χ4v) is 3.63. The molecule has 1 N–H and O–H groups in total. The van der Waals surface area contributed by atoms with Crippen LogP contribution in [0.2, 0.25) is 0 Å². The molecule has 4 aromatic rings. The molecule has 0 aliphatic rings. The number of nitrogens with zero attached hydrogens (tertiary/aromatic N) is 4. The highest BCUT2D eigenvalue weighted by Gasteiger charge is 2.20. The van der Waals surface area contributed by atoms with Crippen LogP contribution in [-0.2, 0) is 17.9 Å². The largest absolute Gasteiger partial charge is 0.378 e. The third-order valence-electron chi connectivity index (χ3n) is 4.40. The monoisotopic (exact) mass is 423 g/mol. The number of halogens is 1. The summed E-state index contributed by atoms with van der Waals surface area (Å²) in [5.41, 5.74) is 1.99. The first-order valence-electron chi connectivity index (χ1n) is 9.12. The van der Waals surface area contributed by atoms with Gasteiger partial charge in [-0.25, -0.2) is 14.4 Å². The summed E-state index contributed by atoms with van der Waals surface area (Å²) in [6, 6.07) is 12.0. The van der Waals surface area contributed by atoms with Gasteiger partial charge in [0.15, 0.2) is 0 Å². The number of ether oxygens (including phenoxy) is 1. The molecule has 0 spiro atoms. The average Bonchev–Trinajstić information content (AvgIpc) is 3.44. The smallest absolute Gasteiger partial charge is 0.255 e. The van der Waals surface area contributed by atoms with Crippen molar-refractivity contribution in [3.05, 3.63) is 82.9 Å². The molecule has 0 saturated heterocycles. The Morgan fingerprint density at radius 2 is 2.10 bits per heavy atom. The normalized spacial score (nSPS) is 10.9. The SMILES string of the molecule is COCc1c(C(=O)NCc2ccccc2F)cnn1-c1nccc(-c2cccs2)n1. The highest BCUT2D eigenvalue weighted by Crippen LogP contribution is 2.23. The lowest BCUT2D eigenvalue weighted by atomic mass is 10.2. The van der Waals surface area contributed by atoms with Crippen LogP contribution in [0.4, 0.5) is 4.39 Å². The van der Waals surface area contributed by atoms with Crippen molar-refractivity contribution in [2.24, 2.45) is 0 Å². The van der Waals surface area contributed by atoms with E-state index in [4.69, 9.17) is 4.74 Å². The van der Waals surface area contributed by atoms with Crippen molar-refractivity contribution in [2.45, 2.75) is 13.2 Å². The minimum Gasteiger partial charge on any atom is -0.378 e. The molecule has 0 unspecified atom stereocenters. The second-order valence-electron chi connectivity index (χ2n) is 6.34. The first-order valence-corrected chi connectivity index (χ1v) is 10.00. The summed E-state index contributed by atoms with van der Waals surface area (Å²) in [5.74, 6) is -0.420. The van der Waals surface area contributed by atoms with Gasteiger partial charge >= 0.3 is 0 Å². The lowest BCUT2D eigenvalue weighted by molar-refractivity contribution is 0.0945. The van der Waals surface area contributed by atoms with Crippen LogP contribution < -0.4 is 5.32 Å². The second kappa shape index (κ2) is 8.93. The predicted octanol–water partition coefficient (Wildman–Crippen LogP) is 3.61. The number of carbonyl (C=O) groups is 1. The van der Waals surface area contributed by atoms with Gasteiger partial charge in [-0.05, 0) is 23.6 Å². The Balaban J connectivity index is 1.61. The number of hydrogen-bond acceptors (Lipinski definition) is 6. The van der Waals surface area contributed by atoms with Crippen LogP contribution in [0.1, 0.15) is 21.6 Å². The number of nitrogens with one attached hydrogen (secondary N) is 1. The van der Waals surface area contributed by atoms with Gasteiger partial charge in [0.05, 0.1) is 34.6 Å².